The molecule has 0 unspecified atom stereocenters. The first-order chi connectivity index (χ1) is 12.7. The van der Waals surface area contributed by atoms with Gasteiger partial charge in [-0.25, -0.2) is 14.8 Å². The van der Waals surface area contributed by atoms with Crippen LogP contribution in [0.5, 0.6) is 0 Å². The van der Waals surface area contributed by atoms with Crippen molar-refractivity contribution in [1.82, 2.24) is 9.97 Å². The second-order valence-electron chi connectivity index (χ2n) is 6.19. The first-order valence-corrected chi connectivity index (χ1v) is 8.74. The molecule has 1 aromatic heterocycles. The largest absolute Gasteiger partial charge is 0.465 e. The lowest BCUT2D eigenvalue weighted by Crippen LogP contribution is -2.25. The van der Waals surface area contributed by atoms with E-state index in [1.165, 1.54) is 26.1 Å². The van der Waals surface area contributed by atoms with Crippen molar-refractivity contribution in [1.29, 1.82) is 0 Å². The van der Waals surface area contributed by atoms with E-state index in [2.05, 4.69) is 24.9 Å². The van der Waals surface area contributed by atoms with Gasteiger partial charge in [-0.1, -0.05) is 18.9 Å². The fourth-order valence-corrected chi connectivity index (χ4v) is 2.94. The number of anilines is 2. The van der Waals surface area contributed by atoms with Gasteiger partial charge in [-0.3, -0.25) is 4.79 Å². The molecule has 0 bridgehead atoms. The van der Waals surface area contributed by atoms with E-state index in [1.807, 2.05) is 0 Å². The number of esters is 1. The highest BCUT2D eigenvalue weighted by atomic mass is 16.5. The van der Waals surface area contributed by atoms with Gasteiger partial charge in [0, 0.05) is 18.8 Å². The molecule has 136 valence electrons. The van der Waals surface area contributed by atoms with E-state index >= 15 is 0 Å². The maximum Gasteiger partial charge on any atom is 0.337 e. The maximum absolute atomic E-state index is 12.4. The summed E-state index contributed by atoms with van der Waals surface area (Å²) in [5.74, 6) is -0.0271. The number of ether oxygens (including phenoxy) is 1. The van der Waals surface area contributed by atoms with Crippen LogP contribution in [0.2, 0.25) is 0 Å². The smallest absolute Gasteiger partial charge is 0.337 e. The summed E-state index contributed by atoms with van der Waals surface area (Å²) in [6, 6.07) is 6.55. The molecule has 26 heavy (non-hydrogen) atoms. The molecule has 2 heterocycles. The van der Waals surface area contributed by atoms with Crippen molar-refractivity contribution in [2.75, 3.05) is 30.4 Å². The molecule has 1 fully saturated rings. The van der Waals surface area contributed by atoms with Gasteiger partial charge in [0.05, 0.1) is 25.1 Å². The fourth-order valence-electron chi connectivity index (χ4n) is 2.94. The first kappa shape index (κ1) is 17.8. The molecule has 0 radical (unpaired) electrons. The average molecular weight is 354 g/mol. The number of benzene rings is 1. The van der Waals surface area contributed by atoms with Gasteiger partial charge in [-0.05, 0) is 31.0 Å². The number of hydrogen-bond donors (Lipinski definition) is 1. The molecule has 1 aliphatic rings. The summed E-state index contributed by atoms with van der Waals surface area (Å²) >= 11 is 0. The van der Waals surface area contributed by atoms with Gasteiger partial charge in [0.15, 0.2) is 0 Å². The van der Waals surface area contributed by atoms with E-state index in [1.54, 1.807) is 30.5 Å². The van der Waals surface area contributed by atoms with Gasteiger partial charge < -0.3 is 15.0 Å². The Labute approximate surface area is 152 Å². The monoisotopic (exact) mass is 354 g/mol. The molecule has 3 rings (SSSR count). The normalized spacial score (nSPS) is 14.4. The molecule has 7 heteroatoms. The highest BCUT2D eigenvalue weighted by Crippen LogP contribution is 2.17. The number of hydrogen-bond acceptors (Lipinski definition) is 6. The number of carbonyl (C=O) groups is 2. The lowest BCUT2D eigenvalue weighted by Gasteiger charge is -2.20. The Morgan fingerprint density at radius 3 is 2.50 bits per heavy atom. The Balaban J connectivity index is 1.67. The zero-order chi connectivity index (χ0) is 18.4. The molecule has 1 aliphatic heterocycles. The van der Waals surface area contributed by atoms with Gasteiger partial charge in [-0.15, -0.1) is 0 Å². The molecular weight excluding hydrogens is 332 g/mol. The highest BCUT2D eigenvalue weighted by molar-refractivity contribution is 6.03. The number of aromatic nitrogens is 2. The van der Waals surface area contributed by atoms with Gasteiger partial charge in [-0.2, -0.15) is 0 Å². The van der Waals surface area contributed by atoms with Crippen molar-refractivity contribution in [2.45, 2.75) is 25.7 Å². The predicted octanol–water partition coefficient (Wildman–Crippen LogP) is 2.90. The molecule has 1 N–H and O–H groups in total. The molecule has 0 saturated carbocycles. The Morgan fingerprint density at radius 2 is 1.85 bits per heavy atom. The molecule has 0 spiro atoms. The van der Waals surface area contributed by atoms with Crippen LogP contribution < -0.4 is 10.2 Å². The highest BCUT2D eigenvalue weighted by Gasteiger charge is 2.14. The van der Waals surface area contributed by atoms with Crippen LogP contribution in [-0.2, 0) is 4.74 Å². The number of methoxy groups -OCH3 is 1. The zero-order valence-corrected chi connectivity index (χ0v) is 14.8. The van der Waals surface area contributed by atoms with Crippen LogP contribution in [0.1, 0.15) is 46.5 Å². The van der Waals surface area contributed by atoms with Crippen LogP contribution >= 0.6 is 0 Å². The van der Waals surface area contributed by atoms with Crippen LogP contribution in [0, 0.1) is 0 Å². The molecule has 1 saturated heterocycles. The fraction of sp³-hybridized carbons (Fsp3) is 0.368. The van der Waals surface area contributed by atoms with E-state index < -0.39 is 5.97 Å². The SMILES string of the molecule is COC(=O)c1cccc(NC(=O)c2cnc(N3CCCCCC3)cn2)c1. The Morgan fingerprint density at radius 1 is 1.08 bits per heavy atom. The summed E-state index contributed by atoms with van der Waals surface area (Å²) in [5.41, 5.74) is 1.09. The average Bonchev–Trinajstić information content (AvgIpc) is 2.97. The van der Waals surface area contributed by atoms with E-state index in [4.69, 9.17) is 0 Å². The molecule has 2 aromatic rings. The molecule has 0 atom stereocenters. The van der Waals surface area contributed by atoms with E-state index in [0.29, 0.717) is 11.3 Å². The summed E-state index contributed by atoms with van der Waals surface area (Å²) < 4.78 is 4.68. The van der Waals surface area contributed by atoms with Crippen LogP contribution in [0.3, 0.4) is 0 Å². The summed E-state index contributed by atoms with van der Waals surface area (Å²) in [4.78, 5) is 34.8. The third-order valence-corrected chi connectivity index (χ3v) is 4.34. The van der Waals surface area contributed by atoms with E-state index in [0.717, 1.165) is 31.7 Å². The van der Waals surface area contributed by atoms with E-state index in [9.17, 15) is 9.59 Å². The standard InChI is InChI=1S/C19H22N4O3/c1-26-19(25)14-7-6-8-15(11-14)22-18(24)16-12-21-17(13-20-16)23-9-4-2-3-5-10-23/h6-8,11-13H,2-5,9-10H2,1H3,(H,22,24). The third kappa shape index (κ3) is 4.36. The second-order valence-corrected chi connectivity index (χ2v) is 6.19. The minimum absolute atomic E-state index is 0.229. The lowest BCUT2D eigenvalue weighted by atomic mass is 10.2. The quantitative estimate of drug-likeness (QED) is 0.850. The maximum atomic E-state index is 12.4. The van der Waals surface area contributed by atoms with Gasteiger partial charge in [0.25, 0.3) is 5.91 Å². The van der Waals surface area contributed by atoms with Crippen molar-refractivity contribution >= 4 is 23.4 Å². The second kappa shape index (κ2) is 8.42. The Bertz CT molecular complexity index is 769. The number of nitrogens with one attached hydrogen (secondary N) is 1. The first-order valence-electron chi connectivity index (χ1n) is 8.74. The van der Waals surface area contributed by atoms with Crippen molar-refractivity contribution in [3.05, 3.63) is 47.9 Å². The van der Waals surface area contributed by atoms with Crippen molar-refractivity contribution in [2.24, 2.45) is 0 Å². The molecule has 1 amide bonds. The van der Waals surface area contributed by atoms with Crippen LogP contribution in [0.25, 0.3) is 0 Å². The van der Waals surface area contributed by atoms with Crippen molar-refractivity contribution in [3.8, 4) is 0 Å². The molecule has 0 aliphatic carbocycles. The van der Waals surface area contributed by atoms with Gasteiger partial charge >= 0.3 is 5.97 Å². The van der Waals surface area contributed by atoms with Crippen LogP contribution in [0.15, 0.2) is 36.7 Å². The number of rotatable bonds is 4. The Kier molecular flexibility index (Phi) is 5.78. The topological polar surface area (TPSA) is 84.4 Å². The van der Waals surface area contributed by atoms with Crippen LogP contribution in [-0.4, -0.2) is 42.0 Å². The van der Waals surface area contributed by atoms with Crippen LogP contribution in [0.4, 0.5) is 11.5 Å². The lowest BCUT2D eigenvalue weighted by molar-refractivity contribution is 0.0600. The zero-order valence-electron chi connectivity index (χ0n) is 14.8. The predicted molar refractivity (Wildman–Crippen MR) is 98.4 cm³/mol. The molecule has 1 aromatic carbocycles. The molecule has 7 nitrogen and oxygen atoms in total. The molecular formula is C19H22N4O3. The van der Waals surface area contributed by atoms with Gasteiger partial charge in [0.2, 0.25) is 0 Å². The summed E-state index contributed by atoms with van der Waals surface area (Å²) in [7, 11) is 1.31. The minimum atomic E-state index is -0.456. The Hall–Kier alpha value is -2.96. The summed E-state index contributed by atoms with van der Waals surface area (Å²) in [6.45, 7) is 1.95. The van der Waals surface area contributed by atoms with Crippen molar-refractivity contribution < 1.29 is 14.3 Å². The minimum Gasteiger partial charge on any atom is -0.465 e. The summed E-state index contributed by atoms with van der Waals surface area (Å²) in [6.07, 6.45) is 7.93. The van der Waals surface area contributed by atoms with Crippen molar-refractivity contribution in [3.63, 3.8) is 0 Å². The number of nitrogens with zero attached hydrogens (tertiary/aromatic N) is 3. The summed E-state index contributed by atoms with van der Waals surface area (Å²) in [5, 5.41) is 2.72. The van der Waals surface area contributed by atoms with Gasteiger partial charge in [0.1, 0.15) is 11.5 Å². The number of carbonyl (C=O) groups excluding carboxylic acids is 2. The number of amides is 1. The van der Waals surface area contributed by atoms with E-state index in [-0.39, 0.29) is 11.6 Å². The third-order valence-electron chi connectivity index (χ3n) is 4.34.